The van der Waals surface area contributed by atoms with E-state index in [-0.39, 0.29) is 5.41 Å². The number of nitrogens with zero attached hydrogens (tertiary/aromatic N) is 2. The second kappa shape index (κ2) is 7.31. The van der Waals surface area contributed by atoms with Gasteiger partial charge in [0.1, 0.15) is 0 Å². The molecular weight excluding hydrogens is 400 g/mol. The molecule has 1 aromatic carbocycles. The van der Waals surface area contributed by atoms with Crippen molar-refractivity contribution in [1.82, 2.24) is 4.90 Å². The average Bonchev–Trinajstić information content (AvgIpc) is 3.02. The topological polar surface area (TPSA) is 68.2 Å². The van der Waals surface area contributed by atoms with E-state index in [1.807, 2.05) is 6.07 Å². The highest BCUT2D eigenvalue weighted by molar-refractivity contribution is 7.86. The number of ether oxygens (including phenoxy) is 1. The molecule has 0 unspecified atom stereocenters. The summed E-state index contributed by atoms with van der Waals surface area (Å²) in [7, 11) is 0.356. The SMILES string of the molecule is CN(C)CCO[C@H]1CC[C@H]2[C@@H]3CCc4cc5c(cc4[C@H]3CC[C@]12C)C=NS(=O)(=O)O5. The van der Waals surface area contributed by atoms with E-state index in [0.717, 1.165) is 25.1 Å². The van der Waals surface area contributed by atoms with Gasteiger partial charge in [-0.05, 0) is 99.0 Å². The van der Waals surface area contributed by atoms with Crippen LogP contribution in [0.4, 0.5) is 0 Å². The Bertz CT molecular complexity index is 974. The molecule has 3 aliphatic carbocycles. The van der Waals surface area contributed by atoms with Crippen LogP contribution < -0.4 is 4.18 Å². The Hall–Kier alpha value is -1.44. The lowest BCUT2D eigenvalue weighted by Crippen LogP contribution is -2.45. The van der Waals surface area contributed by atoms with Gasteiger partial charge in [0.25, 0.3) is 0 Å². The van der Waals surface area contributed by atoms with E-state index >= 15 is 0 Å². The largest absolute Gasteiger partial charge is 0.428 e. The van der Waals surface area contributed by atoms with E-state index in [0.29, 0.717) is 29.6 Å². The van der Waals surface area contributed by atoms with E-state index < -0.39 is 10.3 Å². The van der Waals surface area contributed by atoms with Crippen LogP contribution in [0.15, 0.2) is 16.5 Å². The van der Waals surface area contributed by atoms with Crippen molar-refractivity contribution in [1.29, 1.82) is 0 Å². The predicted octanol–water partition coefficient (Wildman–Crippen LogP) is 3.55. The molecule has 6 nitrogen and oxygen atoms in total. The number of benzene rings is 1. The van der Waals surface area contributed by atoms with Gasteiger partial charge >= 0.3 is 10.3 Å². The highest BCUT2D eigenvalue weighted by Gasteiger charge is 2.55. The average molecular weight is 433 g/mol. The fourth-order valence-electron chi connectivity index (χ4n) is 6.65. The zero-order valence-electron chi connectivity index (χ0n) is 18.1. The van der Waals surface area contributed by atoms with Gasteiger partial charge in [-0.3, -0.25) is 0 Å². The van der Waals surface area contributed by atoms with Crippen molar-refractivity contribution in [2.75, 3.05) is 27.2 Å². The molecule has 0 aromatic heterocycles. The van der Waals surface area contributed by atoms with Gasteiger partial charge in [-0.1, -0.05) is 6.92 Å². The van der Waals surface area contributed by atoms with Gasteiger partial charge < -0.3 is 13.8 Å². The maximum atomic E-state index is 11.7. The lowest BCUT2D eigenvalue weighted by Gasteiger charge is -2.50. The molecule has 2 fully saturated rings. The minimum absolute atomic E-state index is 0.276. The third kappa shape index (κ3) is 3.39. The number of aryl methyl sites for hydroxylation is 1. The smallest absolute Gasteiger partial charge is 0.376 e. The van der Waals surface area contributed by atoms with Crippen LogP contribution in [0.5, 0.6) is 5.75 Å². The van der Waals surface area contributed by atoms with Crippen LogP contribution in [0, 0.1) is 17.3 Å². The van der Waals surface area contributed by atoms with Crippen molar-refractivity contribution in [2.24, 2.45) is 21.6 Å². The van der Waals surface area contributed by atoms with Crippen molar-refractivity contribution in [3.05, 3.63) is 28.8 Å². The normalized spacial score (nSPS) is 35.9. The van der Waals surface area contributed by atoms with Crippen LogP contribution in [-0.2, 0) is 21.5 Å². The molecule has 1 aromatic rings. The maximum Gasteiger partial charge on any atom is 0.428 e. The number of hydrogen-bond acceptors (Lipinski definition) is 5. The summed E-state index contributed by atoms with van der Waals surface area (Å²) in [4.78, 5) is 2.18. The Kier molecular flexibility index (Phi) is 4.99. The molecule has 30 heavy (non-hydrogen) atoms. The summed E-state index contributed by atoms with van der Waals surface area (Å²) in [5.41, 5.74) is 3.70. The molecule has 0 saturated heterocycles. The minimum Gasteiger partial charge on any atom is -0.376 e. The monoisotopic (exact) mass is 432 g/mol. The van der Waals surface area contributed by atoms with Crippen LogP contribution in [0.1, 0.15) is 61.6 Å². The highest BCUT2D eigenvalue weighted by atomic mass is 32.2. The van der Waals surface area contributed by atoms with Crippen LogP contribution in [0.25, 0.3) is 0 Å². The second-order valence-electron chi connectivity index (χ2n) is 10.0. The molecule has 2 saturated carbocycles. The van der Waals surface area contributed by atoms with Crippen LogP contribution in [0.2, 0.25) is 0 Å². The highest BCUT2D eigenvalue weighted by Crippen LogP contribution is 2.61. The van der Waals surface area contributed by atoms with Crippen molar-refractivity contribution >= 4 is 16.5 Å². The molecule has 164 valence electrons. The quantitative estimate of drug-likeness (QED) is 0.728. The fraction of sp³-hybridized carbons (Fsp3) is 0.696. The lowest BCUT2D eigenvalue weighted by molar-refractivity contribution is -0.0661. The Labute approximate surface area is 179 Å². The molecule has 0 spiro atoms. The summed E-state index contributed by atoms with van der Waals surface area (Å²) >= 11 is 0. The number of hydrogen-bond donors (Lipinski definition) is 0. The van der Waals surface area contributed by atoms with E-state index in [1.54, 1.807) is 0 Å². The molecule has 1 aliphatic heterocycles. The summed E-state index contributed by atoms with van der Waals surface area (Å²) in [6, 6.07) is 4.08. The van der Waals surface area contributed by atoms with Crippen LogP contribution in [-0.4, -0.2) is 52.9 Å². The molecule has 0 radical (unpaired) electrons. The van der Waals surface area contributed by atoms with E-state index in [2.05, 4.69) is 36.4 Å². The van der Waals surface area contributed by atoms with Crippen molar-refractivity contribution in [3.8, 4) is 5.75 Å². The molecule has 0 N–H and O–H groups in total. The zero-order chi connectivity index (χ0) is 21.1. The van der Waals surface area contributed by atoms with E-state index in [1.165, 1.54) is 49.4 Å². The summed E-state index contributed by atoms with van der Waals surface area (Å²) < 4.78 is 38.5. The fourth-order valence-corrected chi connectivity index (χ4v) is 7.31. The molecule has 0 amide bonds. The lowest BCUT2D eigenvalue weighted by atomic mass is 9.55. The number of fused-ring (bicyclic) bond motifs is 6. The predicted molar refractivity (Wildman–Crippen MR) is 116 cm³/mol. The summed E-state index contributed by atoms with van der Waals surface area (Å²) in [6.45, 7) is 4.25. The van der Waals surface area contributed by atoms with Crippen LogP contribution >= 0.6 is 0 Å². The molecule has 5 atom stereocenters. The van der Waals surface area contributed by atoms with Gasteiger partial charge in [0, 0.05) is 12.1 Å². The molecule has 4 aliphatic rings. The Balaban J connectivity index is 1.38. The van der Waals surface area contributed by atoms with Crippen LogP contribution in [0.3, 0.4) is 0 Å². The molecule has 5 rings (SSSR count). The molecular formula is C23H32N2O4S. The first-order valence-electron chi connectivity index (χ1n) is 11.2. The van der Waals surface area contributed by atoms with Gasteiger partial charge in [0.2, 0.25) is 0 Å². The van der Waals surface area contributed by atoms with Gasteiger partial charge in [0.05, 0.1) is 18.9 Å². The van der Waals surface area contributed by atoms with Gasteiger partial charge in [-0.25, -0.2) is 0 Å². The first kappa shape index (κ1) is 20.5. The van der Waals surface area contributed by atoms with E-state index in [4.69, 9.17) is 8.92 Å². The molecule has 0 bridgehead atoms. The molecule has 1 heterocycles. The van der Waals surface area contributed by atoms with Crippen molar-refractivity contribution in [2.45, 2.75) is 57.5 Å². The van der Waals surface area contributed by atoms with Gasteiger partial charge in [0.15, 0.2) is 5.75 Å². The zero-order valence-corrected chi connectivity index (χ0v) is 19.0. The first-order chi connectivity index (χ1) is 14.3. The maximum absolute atomic E-state index is 11.7. The number of likely N-dealkylation sites (N-methyl/N-ethyl adjacent to an activating group) is 1. The van der Waals surface area contributed by atoms with Gasteiger partial charge in [-0.15, -0.1) is 4.40 Å². The Morgan fingerprint density at radius 2 is 2.07 bits per heavy atom. The van der Waals surface area contributed by atoms with Crippen molar-refractivity contribution in [3.63, 3.8) is 0 Å². The minimum atomic E-state index is -3.83. The summed E-state index contributed by atoms with van der Waals surface area (Å²) in [5.74, 6) is 2.36. The summed E-state index contributed by atoms with van der Waals surface area (Å²) in [5, 5.41) is 0. The third-order valence-electron chi connectivity index (χ3n) is 8.14. The van der Waals surface area contributed by atoms with Gasteiger partial charge in [-0.2, -0.15) is 8.42 Å². The van der Waals surface area contributed by atoms with Crippen molar-refractivity contribution < 1.29 is 17.3 Å². The molecule has 7 heteroatoms. The standard InChI is InChI=1S/C23H32N2O4S/c1-23-9-8-17-18(20(23)6-7-22(23)28-11-10-25(2)3)5-4-15-13-21-16(12-19(15)17)14-24-30(26,27)29-21/h12-14,17-18,20,22H,4-11H2,1-3H3/t17-,18+,20-,22-,23-/m0/s1. The van der Waals surface area contributed by atoms with E-state index in [9.17, 15) is 8.42 Å². The Morgan fingerprint density at radius 1 is 1.23 bits per heavy atom. The third-order valence-corrected chi connectivity index (χ3v) is 8.90. The Morgan fingerprint density at radius 3 is 2.87 bits per heavy atom. The first-order valence-corrected chi connectivity index (χ1v) is 12.6. The number of rotatable bonds is 4. The summed E-state index contributed by atoms with van der Waals surface area (Å²) in [6.07, 6.45) is 8.77. The second-order valence-corrected chi connectivity index (χ2v) is 11.3.